The van der Waals surface area contributed by atoms with Gasteiger partial charge >= 0.3 is 5.97 Å². The van der Waals surface area contributed by atoms with E-state index in [1.165, 1.54) is 30.4 Å². The highest BCUT2D eigenvalue weighted by Crippen LogP contribution is 2.61. The van der Waals surface area contributed by atoms with Gasteiger partial charge in [-0.05, 0) is 149 Å². The van der Waals surface area contributed by atoms with Crippen molar-refractivity contribution in [2.45, 2.75) is 105 Å². The van der Waals surface area contributed by atoms with Crippen molar-refractivity contribution in [2.24, 2.45) is 17.3 Å². The third kappa shape index (κ3) is 8.70. The first-order valence-corrected chi connectivity index (χ1v) is 19.8. The zero-order chi connectivity index (χ0) is 37.5. The first kappa shape index (κ1) is 41.0. The van der Waals surface area contributed by atoms with E-state index >= 15 is 0 Å². The zero-order valence-corrected chi connectivity index (χ0v) is 33.6. The summed E-state index contributed by atoms with van der Waals surface area (Å²) in [7, 11) is 0. The second kappa shape index (κ2) is 18.4. The minimum atomic E-state index is -0.0477. The number of pyridine rings is 1. The molecule has 0 radical (unpaired) electrons. The van der Waals surface area contributed by atoms with E-state index in [1.54, 1.807) is 0 Å². The number of hydrogen-bond donors (Lipinski definition) is 1. The fourth-order valence-electron chi connectivity index (χ4n) is 9.27. The Morgan fingerprint density at radius 3 is 2.19 bits per heavy atom. The number of hydrogen-bond acceptors (Lipinski definition) is 8. The number of phenolic OH excluding ortho intramolecular Hbond substituents is 1. The average molecular weight is 760 g/mol. The fourth-order valence-corrected chi connectivity index (χ4v) is 9.27. The molecule has 0 amide bonds. The first-order chi connectivity index (χ1) is 25.7. The van der Waals surface area contributed by atoms with Gasteiger partial charge < -0.3 is 28.8 Å². The summed E-state index contributed by atoms with van der Waals surface area (Å²) in [5.74, 6) is 5.36. The Morgan fingerprint density at radius 2 is 1.48 bits per heavy atom. The smallest absolute Gasteiger partial charge is 0.305 e. The number of halogens is 1. The summed E-state index contributed by atoms with van der Waals surface area (Å²) in [6, 6.07) is 18.1. The van der Waals surface area contributed by atoms with Crippen LogP contribution in [0.4, 0.5) is 0 Å². The van der Waals surface area contributed by atoms with Crippen molar-refractivity contribution in [1.29, 1.82) is 0 Å². The van der Waals surface area contributed by atoms with E-state index in [4.69, 9.17) is 23.7 Å². The molecule has 9 heteroatoms. The molecule has 5 unspecified atom stereocenters. The molecular weight excluding hydrogens is 702 g/mol. The number of rotatable bonds is 12. The normalized spacial score (nSPS) is 22.3. The third-order valence-electron chi connectivity index (χ3n) is 11.7. The number of aromatic hydroxyl groups is 1. The van der Waals surface area contributed by atoms with Crippen LogP contribution in [-0.4, -0.2) is 48.6 Å². The van der Waals surface area contributed by atoms with Crippen LogP contribution >= 0.6 is 12.4 Å². The molecule has 1 aromatic heterocycles. The van der Waals surface area contributed by atoms with Gasteiger partial charge in [0.25, 0.3) is 0 Å². The van der Waals surface area contributed by atoms with Crippen molar-refractivity contribution < 1.29 is 33.6 Å². The topological polar surface area (TPSA) is 96.3 Å². The van der Waals surface area contributed by atoms with Gasteiger partial charge in [-0.25, -0.2) is 0 Å². The van der Waals surface area contributed by atoms with Gasteiger partial charge in [0.1, 0.15) is 11.9 Å². The number of carbonyl (C=O) groups is 1. The molecule has 2 fully saturated rings. The van der Waals surface area contributed by atoms with E-state index in [2.05, 4.69) is 24.0 Å². The van der Waals surface area contributed by atoms with E-state index in [9.17, 15) is 9.90 Å². The number of esters is 1. The Labute approximate surface area is 327 Å². The summed E-state index contributed by atoms with van der Waals surface area (Å²) >= 11 is 0. The summed E-state index contributed by atoms with van der Waals surface area (Å²) in [6.07, 6.45) is 9.90. The molecule has 3 aromatic carbocycles. The third-order valence-corrected chi connectivity index (χ3v) is 11.7. The molecule has 292 valence electrons. The number of ether oxygens (including phenoxy) is 5. The maximum absolute atomic E-state index is 11.8. The van der Waals surface area contributed by atoms with Crippen LogP contribution in [-0.2, 0) is 22.4 Å². The number of fused-ring (bicyclic) bond motifs is 6. The largest absolute Gasteiger partial charge is 0.508 e. The van der Waals surface area contributed by atoms with Gasteiger partial charge in [0.05, 0.1) is 32.1 Å². The summed E-state index contributed by atoms with van der Waals surface area (Å²) in [4.78, 5) is 16.5. The molecule has 4 aromatic rings. The van der Waals surface area contributed by atoms with Crippen LogP contribution < -0.4 is 18.9 Å². The highest BCUT2D eigenvalue weighted by atomic mass is 35.5. The quantitative estimate of drug-likeness (QED) is 0.143. The number of aromatic nitrogens is 1. The molecular formula is C45H58ClNO7. The van der Waals surface area contributed by atoms with E-state index in [0.29, 0.717) is 62.8 Å². The van der Waals surface area contributed by atoms with Crippen molar-refractivity contribution in [2.75, 3.05) is 26.4 Å². The Kier molecular flexibility index (Phi) is 14.0. The molecule has 0 spiro atoms. The second-order valence-corrected chi connectivity index (χ2v) is 14.7. The summed E-state index contributed by atoms with van der Waals surface area (Å²) in [5.41, 5.74) is 5.05. The Hall–Kier alpha value is -4.17. The van der Waals surface area contributed by atoms with E-state index in [-0.39, 0.29) is 29.9 Å². The lowest BCUT2D eigenvalue weighted by atomic mass is 9.55. The van der Waals surface area contributed by atoms with Crippen molar-refractivity contribution in [3.63, 3.8) is 0 Å². The maximum atomic E-state index is 11.8. The van der Waals surface area contributed by atoms with Crippen LogP contribution in [0.1, 0.15) is 108 Å². The van der Waals surface area contributed by atoms with Gasteiger partial charge in [-0.1, -0.05) is 26.0 Å². The minimum Gasteiger partial charge on any atom is -0.508 e. The Bertz CT molecular complexity index is 1880. The van der Waals surface area contributed by atoms with Crippen molar-refractivity contribution in [1.82, 2.24) is 4.98 Å². The molecule has 0 aliphatic heterocycles. The Morgan fingerprint density at radius 1 is 0.796 bits per heavy atom. The molecule has 0 saturated heterocycles. The van der Waals surface area contributed by atoms with Gasteiger partial charge in [-0.15, -0.1) is 12.4 Å². The lowest BCUT2D eigenvalue weighted by Gasteiger charge is -2.50. The second-order valence-electron chi connectivity index (χ2n) is 14.7. The molecule has 0 bridgehead atoms. The predicted octanol–water partition coefficient (Wildman–Crippen LogP) is 10.4. The number of aryl methyl sites for hydroxylation is 1. The molecule has 3 aliphatic rings. The highest BCUT2D eigenvalue weighted by molar-refractivity contribution is 5.88. The predicted molar refractivity (Wildman–Crippen MR) is 216 cm³/mol. The SMILES string of the molecule is CCC(=O)OC1CCC2C3CCc4cc(O)ccc4C3CCC12C.CCOc1ccc(Cc2nccc3cc(OCC)c(OCC)cc23)cc1OCC.Cl. The van der Waals surface area contributed by atoms with Crippen LogP contribution in [0.5, 0.6) is 28.7 Å². The molecule has 8 nitrogen and oxygen atoms in total. The number of carbonyl (C=O) groups excluding carboxylic acids is 1. The van der Waals surface area contributed by atoms with E-state index < -0.39 is 0 Å². The lowest BCUT2D eigenvalue weighted by molar-refractivity contribution is -0.157. The van der Waals surface area contributed by atoms with Crippen LogP contribution in [0.25, 0.3) is 10.8 Å². The van der Waals surface area contributed by atoms with Gasteiger partial charge in [-0.2, -0.15) is 0 Å². The molecule has 3 aliphatic carbocycles. The van der Waals surface area contributed by atoms with Gasteiger partial charge in [0, 0.05) is 29.8 Å². The van der Waals surface area contributed by atoms with E-state index in [0.717, 1.165) is 64.3 Å². The van der Waals surface area contributed by atoms with Crippen molar-refractivity contribution in [3.8, 4) is 28.7 Å². The van der Waals surface area contributed by atoms with Crippen LogP contribution in [0.3, 0.4) is 0 Å². The monoisotopic (exact) mass is 759 g/mol. The zero-order valence-electron chi connectivity index (χ0n) is 32.8. The highest BCUT2D eigenvalue weighted by Gasteiger charge is 2.56. The molecule has 54 heavy (non-hydrogen) atoms. The number of phenols is 1. The molecule has 1 heterocycles. The van der Waals surface area contributed by atoms with Crippen LogP contribution in [0, 0.1) is 17.3 Å². The fraction of sp³-hybridized carbons (Fsp3) is 0.511. The maximum Gasteiger partial charge on any atom is 0.305 e. The summed E-state index contributed by atoms with van der Waals surface area (Å²) in [5, 5.41) is 11.9. The van der Waals surface area contributed by atoms with Gasteiger partial charge in [-0.3, -0.25) is 9.78 Å². The number of benzene rings is 3. The first-order valence-electron chi connectivity index (χ1n) is 19.8. The minimum absolute atomic E-state index is 0. The van der Waals surface area contributed by atoms with Crippen molar-refractivity contribution in [3.05, 3.63) is 83.2 Å². The molecule has 7 rings (SSSR count). The van der Waals surface area contributed by atoms with Crippen molar-refractivity contribution >= 4 is 29.1 Å². The standard InChI is InChI=1S/C24H29NO4.C21H28O3.ClH/c1-5-26-21-10-9-17(14-22(21)27-6-2)13-20-19-16-24(29-8-4)23(28-7-3)15-18(19)11-12-25-20;1-3-20(23)24-19-9-8-18-17-6-4-13-12-14(22)5-7-15(13)16(17)10-11-21(18,19)2;/h9-12,14-16H,5-8,13H2,1-4H3;5,7,12,16-19,22H,3-4,6,8-11H2,1-2H3;1H. The van der Waals surface area contributed by atoms with Crippen LogP contribution in [0.15, 0.2) is 60.8 Å². The number of nitrogens with zero attached hydrogens (tertiary/aromatic N) is 1. The molecule has 1 N–H and O–H groups in total. The van der Waals surface area contributed by atoms with Crippen LogP contribution in [0.2, 0.25) is 0 Å². The average Bonchev–Trinajstić information content (AvgIpc) is 3.49. The lowest BCUT2D eigenvalue weighted by Crippen LogP contribution is -2.45. The van der Waals surface area contributed by atoms with E-state index in [1.807, 2.05) is 83.3 Å². The van der Waals surface area contributed by atoms with Gasteiger partial charge in [0.15, 0.2) is 23.0 Å². The summed E-state index contributed by atoms with van der Waals surface area (Å²) < 4.78 is 28.8. The molecule has 5 atom stereocenters. The summed E-state index contributed by atoms with van der Waals surface area (Å²) in [6.45, 7) is 14.5. The Balaban J connectivity index is 0.000000207. The van der Waals surface area contributed by atoms with Gasteiger partial charge in [0.2, 0.25) is 0 Å². The molecule has 2 saturated carbocycles.